The van der Waals surface area contributed by atoms with Crippen LogP contribution < -0.4 is 0 Å². The second-order valence-corrected chi connectivity index (χ2v) is 1.37. The molecule has 0 nitrogen and oxygen atoms in total. The molecular formula is C10H2Cl2FeHg2-10. The van der Waals surface area contributed by atoms with Gasteiger partial charge in [0.05, 0.1) is 0 Å². The minimum Gasteiger partial charge on any atom is -0.999 e. The molecule has 0 aliphatic carbocycles. The van der Waals surface area contributed by atoms with Gasteiger partial charge in [0.1, 0.15) is 0 Å². The quantitative estimate of drug-likeness (QED) is 0.304. The number of rotatable bonds is 0. The van der Waals surface area contributed by atoms with E-state index in [0.29, 0.717) is 49.8 Å². The van der Waals surface area contributed by atoms with Crippen molar-refractivity contribution in [1.29, 1.82) is 0 Å². The first-order chi connectivity index (χ1) is 7.00. The molecule has 0 saturated carbocycles. The third kappa shape index (κ3) is 21.5. The summed E-state index contributed by atoms with van der Waals surface area (Å²) in [6, 6.07) is 24.0. The van der Waals surface area contributed by atoms with E-state index in [4.69, 9.17) is 16.5 Å². The molecule has 5 heteroatoms. The molecule has 2 rings (SSSR count). The zero-order valence-corrected chi connectivity index (χ0v) is 21.3. The van der Waals surface area contributed by atoms with Gasteiger partial charge in [0.15, 0.2) is 0 Å². The molecule has 0 unspecified atom stereocenters. The predicted molar refractivity (Wildman–Crippen MR) is 46.5 cm³/mol. The van der Waals surface area contributed by atoms with Gasteiger partial charge in [0.2, 0.25) is 0 Å². The van der Waals surface area contributed by atoms with Crippen LogP contribution in [0.2, 0.25) is 0 Å². The van der Waals surface area contributed by atoms with E-state index in [9.17, 15) is 0 Å². The first-order valence-corrected chi connectivity index (χ1v) is 16.7. The Morgan fingerprint density at radius 1 is 0.600 bits per heavy atom. The molecule has 0 bridgehead atoms. The molecule has 0 aliphatic rings. The maximum absolute atomic E-state index is 4.83. The summed E-state index contributed by atoms with van der Waals surface area (Å²) in [5, 5.41) is 0. The summed E-state index contributed by atoms with van der Waals surface area (Å²) in [5.41, 5.74) is 0. The van der Waals surface area contributed by atoms with E-state index in [1.165, 1.54) is 0 Å². The van der Waals surface area contributed by atoms with Gasteiger partial charge >= 0.3 is 66.3 Å². The van der Waals surface area contributed by atoms with E-state index in [2.05, 4.69) is 48.5 Å². The Bertz CT molecular complexity index is 161. The predicted octanol–water partition coefficient (Wildman–Crippen LogP) is 2.58. The van der Waals surface area contributed by atoms with E-state index in [1.54, 1.807) is 12.1 Å². The van der Waals surface area contributed by atoms with E-state index < -0.39 is 0 Å². The standard InChI is InChI=1S/2C5H.2ClH.Fe.2Hg/c2*1-2-4-5-3-1;;;;;/h2*1H;2*1H;;;/q2*-5;;;;2*+1/p-2. The molecule has 0 atom stereocenters. The van der Waals surface area contributed by atoms with Crippen molar-refractivity contribution in [2.75, 3.05) is 0 Å². The molecule has 0 aliphatic heterocycles. The Kier molecular flexibility index (Phi) is 36.2. The maximum atomic E-state index is 4.83. The van der Waals surface area contributed by atoms with E-state index in [1.807, 2.05) is 0 Å². The van der Waals surface area contributed by atoms with Crippen LogP contribution in [0.15, 0.2) is 12.1 Å². The molecule has 0 radical (unpaired) electrons. The SMILES string of the molecule is [Cl][Hg].[Cl][Hg].[Fe].[c-]1[c-][c-][cH-][c-]1.[c-]1[c-][c-][cH-][c-]1. The minimum atomic E-state index is 0. The van der Waals surface area contributed by atoms with Crippen LogP contribution in [0.3, 0.4) is 0 Å². The molecule has 0 aromatic heterocycles. The smallest absolute Gasteiger partial charge is 0 e. The second-order valence-electron chi connectivity index (χ2n) is 1.37. The summed E-state index contributed by atoms with van der Waals surface area (Å²) in [4.78, 5) is 0. The molecule has 78 valence electrons. The molecule has 0 fully saturated rings. The Balaban J connectivity index is -0.000000138. The van der Waals surface area contributed by atoms with E-state index in [-0.39, 0.29) is 17.1 Å². The molecule has 0 N–H and O–H groups in total. The van der Waals surface area contributed by atoms with E-state index in [0.717, 1.165) is 0 Å². The van der Waals surface area contributed by atoms with Crippen LogP contribution in [0.4, 0.5) is 0 Å². The summed E-state index contributed by atoms with van der Waals surface area (Å²) in [6.07, 6.45) is 0. The second kappa shape index (κ2) is 24.8. The van der Waals surface area contributed by atoms with Gasteiger partial charge in [-0.15, -0.1) is 0 Å². The molecule has 0 heterocycles. The minimum absolute atomic E-state index is 0. The van der Waals surface area contributed by atoms with Crippen molar-refractivity contribution in [2.24, 2.45) is 0 Å². The fraction of sp³-hybridized carbons (Fsp3) is 0. The summed E-state index contributed by atoms with van der Waals surface area (Å²) in [7, 11) is 9.67. The van der Waals surface area contributed by atoms with Crippen molar-refractivity contribution in [3.05, 3.63) is 60.7 Å². The van der Waals surface area contributed by atoms with Crippen LogP contribution in [-0.4, -0.2) is 0 Å². The Morgan fingerprint density at radius 2 is 0.800 bits per heavy atom. The first-order valence-electron chi connectivity index (χ1n) is 3.19. The summed E-state index contributed by atoms with van der Waals surface area (Å²) >= 11 is 1.00. The van der Waals surface area contributed by atoms with Gasteiger partial charge in [-0.05, 0) is 0 Å². The van der Waals surface area contributed by atoms with Gasteiger partial charge in [-0.2, -0.15) is 0 Å². The van der Waals surface area contributed by atoms with Crippen LogP contribution in [0.5, 0.6) is 0 Å². The molecule has 0 spiro atoms. The van der Waals surface area contributed by atoms with Crippen molar-refractivity contribution >= 4 is 16.5 Å². The molecule has 2 aromatic carbocycles. The number of halogens is 2. The monoisotopic (exact) mass is 652 g/mol. The Hall–Kier alpha value is 1.67. The zero-order valence-electron chi connectivity index (χ0n) is 7.68. The van der Waals surface area contributed by atoms with Crippen molar-refractivity contribution < 1.29 is 66.8 Å². The Morgan fingerprint density at radius 3 is 0.867 bits per heavy atom. The van der Waals surface area contributed by atoms with Crippen molar-refractivity contribution in [1.82, 2.24) is 0 Å². The van der Waals surface area contributed by atoms with Crippen molar-refractivity contribution in [3.8, 4) is 0 Å². The fourth-order valence-electron chi connectivity index (χ4n) is 0.361. The van der Waals surface area contributed by atoms with Crippen LogP contribution >= 0.6 is 16.5 Å². The summed E-state index contributed by atoms with van der Waals surface area (Å²) in [5.74, 6) is 0. The largest absolute Gasteiger partial charge is 0.999 e. The maximum Gasteiger partial charge on any atom is 0 e. The summed E-state index contributed by atoms with van der Waals surface area (Å²) in [6.45, 7) is 0. The zero-order chi connectivity index (χ0) is 11.1. The normalized spacial score (nSPS) is 6.27. The van der Waals surface area contributed by atoms with Gasteiger partial charge in [-0.3, -0.25) is 0 Å². The molecule has 0 amide bonds. The van der Waals surface area contributed by atoms with Gasteiger partial charge in [-0.25, -0.2) is 0 Å². The van der Waals surface area contributed by atoms with Gasteiger partial charge < -0.3 is 60.7 Å². The van der Waals surface area contributed by atoms with Crippen LogP contribution in [0.1, 0.15) is 0 Å². The third-order valence-corrected chi connectivity index (χ3v) is 0.702. The average molecular weight is 650 g/mol. The van der Waals surface area contributed by atoms with Gasteiger partial charge in [-0.1, -0.05) is 0 Å². The van der Waals surface area contributed by atoms with Gasteiger partial charge in [0, 0.05) is 17.1 Å². The topological polar surface area (TPSA) is 0 Å². The van der Waals surface area contributed by atoms with Crippen molar-refractivity contribution in [3.63, 3.8) is 0 Å². The fourth-order valence-corrected chi connectivity index (χ4v) is 0.361. The van der Waals surface area contributed by atoms with Crippen molar-refractivity contribution in [2.45, 2.75) is 0 Å². The van der Waals surface area contributed by atoms with Crippen LogP contribution in [0, 0.1) is 48.5 Å². The summed E-state index contributed by atoms with van der Waals surface area (Å²) < 4.78 is 0. The number of hydrogen-bond donors (Lipinski definition) is 0. The van der Waals surface area contributed by atoms with Gasteiger partial charge in [0.25, 0.3) is 0 Å². The molecule has 2 aromatic rings. The van der Waals surface area contributed by atoms with Crippen LogP contribution in [-0.2, 0) is 66.8 Å². The Labute approximate surface area is 142 Å². The van der Waals surface area contributed by atoms with E-state index >= 15 is 0 Å². The molecular weight excluding hydrogens is 648 g/mol. The first kappa shape index (κ1) is 21.9. The average Bonchev–Trinajstić information content (AvgIpc) is 3.01. The molecule has 15 heavy (non-hydrogen) atoms. The number of hydrogen-bond acceptors (Lipinski definition) is 0. The molecule has 0 saturated heterocycles. The van der Waals surface area contributed by atoms with Crippen LogP contribution in [0.25, 0.3) is 0 Å². The third-order valence-electron chi connectivity index (χ3n) is 0.702.